The number of methoxy groups -OCH3 is 1. The third-order valence-corrected chi connectivity index (χ3v) is 5.20. The Hall–Kier alpha value is -2.91. The van der Waals surface area contributed by atoms with Crippen molar-refractivity contribution in [3.8, 4) is 5.75 Å². The maximum atomic E-state index is 6.14. The summed E-state index contributed by atoms with van der Waals surface area (Å²) in [7, 11) is 3.81. The third-order valence-electron chi connectivity index (χ3n) is 4.95. The van der Waals surface area contributed by atoms with Gasteiger partial charge in [0, 0.05) is 40.4 Å². The molecule has 3 nitrogen and oxygen atoms in total. The first-order valence-electron chi connectivity index (χ1n) is 8.86. The van der Waals surface area contributed by atoms with Crippen molar-refractivity contribution in [3.05, 3.63) is 95.1 Å². The molecule has 0 spiro atoms. The molecule has 1 unspecified atom stereocenters. The van der Waals surface area contributed by atoms with Gasteiger partial charge in [-0.05, 0) is 48.0 Å². The largest absolute Gasteiger partial charge is 0.497 e. The highest BCUT2D eigenvalue weighted by Crippen LogP contribution is 2.37. The van der Waals surface area contributed by atoms with Gasteiger partial charge < -0.3 is 14.6 Å². The monoisotopic (exact) mass is 376 g/mol. The Morgan fingerprint density at radius 2 is 1.70 bits per heavy atom. The van der Waals surface area contributed by atoms with Gasteiger partial charge in [0.25, 0.3) is 0 Å². The van der Waals surface area contributed by atoms with E-state index < -0.39 is 0 Å². The molecule has 0 radical (unpaired) electrons. The van der Waals surface area contributed by atoms with Crippen LogP contribution in [0.4, 0.5) is 5.69 Å². The number of hydrogen-bond donors (Lipinski definition) is 1. The number of para-hydroxylation sites is 1. The van der Waals surface area contributed by atoms with Gasteiger partial charge in [0.1, 0.15) is 5.75 Å². The van der Waals surface area contributed by atoms with E-state index in [4.69, 9.17) is 16.3 Å². The van der Waals surface area contributed by atoms with Gasteiger partial charge in [-0.3, -0.25) is 0 Å². The molecule has 1 heterocycles. The first-order chi connectivity index (χ1) is 13.2. The number of nitrogens with zero attached hydrogens (tertiary/aromatic N) is 1. The highest BCUT2D eigenvalue weighted by Gasteiger charge is 2.23. The smallest absolute Gasteiger partial charge is 0.119 e. The van der Waals surface area contributed by atoms with Crippen molar-refractivity contribution in [1.29, 1.82) is 0 Å². The Morgan fingerprint density at radius 1 is 0.963 bits per heavy atom. The van der Waals surface area contributed by atoms with Crippen LogP contribution in [0.3, 0.4) is 0 Å². The van der Waals surface area contributed by atoms with Crippen LogP contribution in [0.15, 0.2) is 79.0 Å². The minimum atomic E-state index is 0.0329. The molecule has 1 atom stereocenters. The van der Waals surface area contributed by atoms with E-state index in [2.05, 4.69) is 71.7 Å². The van der Waals surface area contributed by atoms with E-state index in [9.17, 15) is 0 Å². The summed E-state index contributed by atoms with van der Waals surface area (Å²) < 4.78 is 5.45. The van der Waals surface area contributed by atoms with Gasteiger partial charge in [0.15, 0.2) is 0 Å². The number of anilines is 1. The van der Waals surface area contributed by atoms with Crippen molar-refractivity contribution in [3.63, 3.8) is 0 Å². The summed E-state index contributed by atoms with van der Waals surface area (Å²) in [6, 6.07) is 24.6. The fourth-order valence-corrected chi connectivity index (χ4v) is 3.67. The van der Waals surface area contributed by atoms with Crippen LogP contribution < -0.4 is 9.64 Å². The van der Waals surface area contributed by atoms with Crippen molar-refractivity contribution in [2.24, 2.45) is 0 Å². The van der Waals surface area contributed by atoms with E-state index in [1.54, 1.807) is 7.11 Å². The fourth-order valence-electron chi connectivity index (χ4n) is 3.54. The Balaban J connectivity index is 1.89. The van der Waals surface area contributed by atoms with Gasteiger partial charge in [-0.25, -0.2) is 0 Å². The van der Waals surface area contributed by atoms with Crippen molar-refractivity contribution in [2.45, 2.75) is 6.04 Å². The molecule has 0 aliphatic rings. The first kappa shape index (κ1) is 17.5. The highest BCUT2D eigenvalue weighted by molar-refractivity contribution is 6.30. The molecule has 1 aromatic heterocycles. The molecule has 3 aromatic carbocycles. The van der Waals surface area contributed by atoms with E-state index in [-0.39, 0.29) is 6.04 Å². The van der Waals surface area contributed by atoms with Crippen LogP contribution in [0, 0.1) is 0 Å². The number of halogens is 1. The quantitative estimate of drug-likeness (QED) is 0.458. The first-order valence-corrected chi connectivity index (χ1v) is 9.23. The SMILES string of the molecule is COc1ccc2[nH]cc(C(c3ccc(Cl)cc3)N(C)c3ccccc3)c2c1. The molecular weight excluding hydrogens is 356 g/mol. The molecule has 0 amide bonds. The van der Waals surface area contributed by atoms with E-state index in [0.29, 0.717) is 0 Å². The lowest BCUT2D eigenvalue weighted by molar-refractivity contribution is 0.415. The summed E-state index contributed by atoms with van der Waals surface area (Å²) >= 11 is 6.14. The molecule has 27 heavy (non-hydrogen) atoms. The minimum Gasteiger partial charge on any atom is -0.497 e. The molecule has 4 heteroatoms. The second-order valence-electron chi connectivity index (χ2n) is 6.56. The Bertz CT molecular complexity index is 1040. The van der Waals surface area contributed by atoms with E-state index in [0.717, 1.165) is 27.4 Å². The average Bonchev–Trinajstić information content (AvgIpc) is 3.13. The molecule has 136 valence electrons. The predicted molar refractivity (Wildman–Crippen MR) is 113 cm³/mol. The molecule has 0 saturated carbocycles. The number of hydrogen-bond acceptors (Lipinski definition) is 2. The average molecular weight is 377 g/mol. The van der Waals surface area contributed by atoms with Gasteiger partial charge in [0.05, 0.1) is 13.2 Å². The Kier molecular flexibility index (Phi) is 4.78. The van der Waals surface area contributed by atoms with Crippen LogP contribution in [0.5, 0.6) is 5.75 Å². The maximum absolute atomic E-state index is 6.14. The Labute approximate surface area is 164 Å². The minimum absolute atomic E-state index is 0.0329. The number of rotatable bonds is 5. The van der Waals surface area contributed by atoms with Gasteiger partial charge in [-0.1, -0.05) is 41.9 Å². The standard InChI is InChI=1S/C23H21ClN2O/c1-26(18-6-4-3-5-7-18)23(16-8-10-17(24)11-9-16)21-15-25-22-13-12-19(27-2)14-20(21)22/h3-15,23,25H,1-2H3. The molecule has 0 saturated heterocycles. The van der Waals surface area contributed by atoms with Crippen LogP contribution in [-0.2, 0) is 0 Å². The predicted octanol–water partition coefficient (Wildman–Crippen LogP) is 6.06. The van der Waals surface area contributed by atoms with Crippen molar-refractivity contribution in [1.82, 2.24) is 4.98 Å². The molecular formula is C23H21ClN2O. The van der Waals surface area contributed by atoms with E-state index in [1.807, 2.05) is 24.3 Å². The number of aromatic amines is 1. The number of aromatic nitrogens is 1. The van der Waals surface area contributed by atoms with E-state index >= 15 is 0 Å². The van der Waals surface area contributed by atoms with Crippen LogP contribution in [-0.4, -0.2) is 19.1 Å². The molecule has 0 bridgehead atoms. The number of benzene rings is 3. The lowest BCUT2D eigenvalue weighted by Crippen LogP contribution is -2.25. The van der Waals surface area contributed by atoms with Crippen molar-refractivity contribution in [2.75, 3.05) is 19.1 Å². The van der Waals surface area contributed by atoms with E-state index in [1.165, 1.54) is 11.1 Å². The summed E-state index contributed by atoms with van der Waals surface area (Å²) in [6.45, 7) is 0. The van der Waals surface area contributed by atoms with Gasteiger partial charge >= 0.3 is 0 Å². The molecule has 0 aliphatic heterocycles. The zero-order valence-corrected chi connectivity index (χ0v) is 16.1. The normalized spacial score (nSPS) is 12.1. The van der Waals surface area contributed by atoms with Gasteiger partial charge in [0.2, 0.25) is 0 Å². The number of H-pyrrole nitrogens is 1. The van der Waals surface area contributed by atoms with Crippen LogP contribution >= 0.6 is 11.6 Å². The summed E-state index contributed by atoms with van der Waals surface area (Å²) in [6.07, 6.45) is 2.09. The lowest BCUT2D eigenvalue weighted by atomic mass is 9.96. The highest BCUT2D eigenvalue weighted by atomic mass is 35.5. The van der Waals surface area contributed by atoms with Crippen molar-refractivity contribution < 1.29 is 4.74 Å². The second kappa shape index (κ2) is 7.37. The third kappa shape index (κ3) is 3.38. The molecule has 0 aliphatic carbocycles. The number of ether oxygens (including phenoxy) is 1. The fraction of sp³-hybridized carbons (Fsp3) is 0.130. The number of fused-ring (bicyclic) bond motifs is 1. The van der Waals surface area contributed by atoms with Gasteiger partial charge in [-0.15, -0.1) is 0 Å². The Morgan fingerprint density at radius 3 is 2.41 bits per heavy atom. The molecule has 1 N–H and O–H groups in total. The van der Waals surface area contributed by atoms with Crippen LogP contribution in [0.25, 0.3) is 10.9 Å². The van der Waals surface area contributed by atoms with Crippen LogP contribution in [0.1, 0.15) is 17.2 Å². The zero-order valence-electron chi connectivity index (χ0n) is 15.3. The molecule has 4 aromatic rings. The summed E-state index contributed by atoms with van der Waals surface area (Å²) in [5, 5.41) is 1.89. The van der Waals surface area contributed by atoms with Crippen molar-refractivity contribution >= 4 is 28.2 Å². The van der Waals surface area contributed by atoms with Gasteiger partial charge in [-0.2, -0.15) is 0 Å². The molecule has 0 fully saturated rings. The number of nitrogens with one attached hydrogen (secondary N) is 1. The topological polar surface area (TPSA) is 28.3 Å². The zero-order chi connectivity index (χ0) is 18.8. The molecule has 4 rings (SSSR count). The summed E-state index contributed by atoms with van der Waals surface area (Å²) in [4.78, 5) is 5.68. The maximum Gasteiger partial charge on any atom is 0.119 e. The lowest BCUT2D eigenvalue weighted by Gasteiger charge is -2.30. The summed E-state index contributed by atoms with van der Waals surface area (Å²) in [5.74, 6) is 0.848. The summed E-state index contributed by atoms with van der Waals surface area (Å²) in [5.41, 5.74) is 4.60. The second-order valence-corrected chi connectivity index (χ2v) is 6.99. The van der Waals surface area contributed by atoms with Crippen LogP contribution in [0.2, 0.25) is 5.02 Å².